The molecule has 1 fully saturated rings. The fraction of sp³-hybridized carbons (Fsp3) is 0.588. The van der Waals surface area contributed by atoms with Crippen LogP contribution in [0.25, 0.3) is 0 Å². The van der Waals surface area contributed by atoms with Crippen molar-refractivity contribution >= 4 is 5.91 Å². The minimum atomic E-state index is -0.304. The summed E-state index contributed by atoms with van der Waals surface area (Å²) >= 11 is 0. The molecular formula is C17H24N2O3. The Morgan fingerprint density at radius 2 is 2.18 bits per heavy atom. The Labute approximate surface area is 131 Å². The third-order valence-corrected chi connectivity index (χ3v) is 4.37. The van der Waals surface area contributed by atoms with Crippen molar-refractivity contribution in [1.29, 1.82) is 0 Å². The number of ether oxygens (including phenoxy) is 1. The van der Waals surface area contributed by atoms with Gasteiger partial charge in [0.05, 0.1) is 25.3 Å². The van der Waals surface area contributed by atoms with Gasteiger partial charge < -0.3 is 15.2 Å². The number of hydrogen-bond acceptors (Lipinski definition) is 4. The molecule has 22 heavy (non-hydrogen) atoms. The number of carbonyl (C=O) groups excluding carboxylic acids is 1. The lowest BCUT2D eigenvalue weighted by molar-refractivity contribution is -0.123. The first-order chi connectivity index (χ1) is 10.6. The Hall–Kier alpha value is -1.59. The van der Waals surface area contributed by atoms with Gasteiger partial charge in [-0.05, 0) is 31.9 Å². The number of aliphatic hydroxyl groups is 1. The molecule has 0 aromatic heterocycles. The Kier molecular flexibility index (Phi) is 4.64. The van der Waals surface area contributed by atoms with Gasteiger partial charge in [-0.25, -0.2) is 0 Å². The van der Waals surface area contributed by atoms with Gasteiger partial charge in [0, 0.05) is 18.5 Å². The zero-order valence-corrected chi connectivity index (χ0v) is 13.0. The normalized spacial score (nSPS) is 21.9. The number of aliphatic hydroxyl groups excluding tert-OH is 1. The smallest absolute Gasteiger partial charge is 0.234 e. The number of benzene rings is 1. The van der Waals surface area contributed by atoms with E-state index in [-0.39, 0.29) is 18.1 Å². The summed E-state index contributed by atoms with van der Waals surface area (Å²) in [7, 11) is 1.88. The van der Waals surface area contributed by atoms with Crippen LogP contribution in [0.15, 0.2) is 24.3 Å². The summed E-state index contributed by atoms with van der Waals surface area (Å²) in [5.74, 6) is 1.29. The van der Waals surface area contributed by atoms with E-state index < -0.39 is 0 Å². The maximum Gasteiger partial charge on any atom is 0.234 e. The van der Waals surface area contributed by atoms with E-state index in [9.17, 15) is 9.90 Å². The summed E-state index contributed by atoms with van der Waals surface area (Å²) in [4.78, 5) is 14.1. The van der Waals surface area contributed by atoms with E-state index in [4.69, 9.17) is 4.74 Å². The van der Waals surface area contributed by atoms with E-state index >= 15 is 0 Å². The number of para-hydroxylation sites is 1. The number of fused-ring (bicyclic) bond motifs is 1. The predicted octanol–water partition coefficient (Wildman–Crippen LogP) is 1.33. The molecule has 0 saturated heterocycles. The van der Waals surface area contributed by atoms with Gasteiger partial charge >= 0.3 is 0 Å². The van der Waals surface area contributed by atoms with Gasteiger partial charge in [-0.15, -0.1) is 0 Å². The van der Waals surface area contributed by atoms with Crippen molar-refractivity contribution < 1.29 is 14.6 Å². The first-order valence-electron chi connectivity index (χ1n) is 8.01. The number of amides is 1. The minimum Gasteiger partial charge on any atom is -0.493 e. The first kappa shape index (κ1) is 15.3. The third-order valence-electron chi connectivity index (χ3n) is 4.37. The number of carbonyl (C=O) groups is 1. The highest BCUT2D eigenvalue weighted by Gasteiger charge is 2.30. The molecule has 0 bridgehead atoms. The molecule has 120 valence electrons. The summed E-state index contributed by atoms with van der Waals surface area (Å²) in [5, 5.41) is 13.0. The van der Waals surface area contributed by atoms with E-state index in [1.807, 2.05) is 36.2 Å². The number of hydrogen-bond donors (Lipinski definition) is 2. The van der Waals surface area contributed by atoms with E-state index in [0.717, 1.165) is 30.6 Å². The van der Waals surface area contributed by atoms with E-state index in [1.165, 1.54) is 0 Å². The second-order valence-corrected chi connectivity index (χ2v) is 6.40. The fourth-order valence-corrected chi connectivity index (χ4v) is 2.99. The summed E-state index contributed by atoms with van der Waals surface area (Å²) in [5.41, 5.74) is 1.04. The van der Waals surface area contributed by atoms with E-state index in [2.05, 4.69) is 5.32 Å². The quantitative estimate of drug-likeness (QED) is 0.832. The molecule has 1 saturated carbocycles. The molecule has 5 heteroatoms. The van der Waals surface area contributed by atoms with Crippen molar-refractivity contribution in [1.82, 2.24) is 10.2 Å². The Bertz CT molecular complexity index is 530. The molecule has 1 aromatic carbocycles. The predicted molar refractivity (Wildman–Crippen MR) is 83.7 cm³/mol. The van der Waals surface area contributed by atoms with Crippen LogP contribution >= 0.6 is 0 Å². The zero-order valence-electron chi connectivity index (χ0n) is 13.0. The van der Waals surface area contributed by atoms with Crippen molar-refractivity contribution in [3.8, 4) is 5.75 Å². The Morgan fingerprint density at radius 1 is 1.41 bits per heavy atom. The molecule has 1 aromatic rings. The SMILES string of the molecule is CN(CC(=O)NC1CCOc2ccccc21)CC(O)C1CC1. The van der Waals surface area contributed by atoms with Gasteiger partial charge in [-0.3, -0.25) is 9.69 Å². The van der Waals surface area contributed by atoms with Crippen LogP contribution in [0, 0.1) is 5.92 Å². The lowest BCUT2D eigenvalue weighted by Crippen LogP contribution is -2.41. The van der Waals surface area contributed by atoms with Crippen LogP contribution in [-0.2, 0) is 4.79 Å². The van der Waals surface area contributed by atoms with E-state index in [0.29, 0.717) is 25.6 Å². The molecule has 2 N–H and O–H groups in total. The molecule has 3 rings (SSSR count). The molecule has 2 aliphatic rings. The molecule has 1 amide bonds. The monoisotopic (exact) mass is 304 g/mol. The molecule has 1 aliphatic heterocycles. The van der Waals surface area contributed by atoms with Crippen molar-refractivity contribution in [3.63, 3.8) is 0 Å². The molecular weight excluding hydrogens is 280 g/mol. The molecule has 1 heterocycles. The van der Waals surface area contributed by atoms with Gasteiger partial charge in [0.25, 0.3) is 0 Å². The summed E-state index contributed by atoms with van der Waals surface area (Å²) < 4.78 is 5.61. The fourth-order valence-electron chi connectivity index (χ4n) is 2.99. The molecule has 2 unspecified atom stereocenters. The molecule has 1 aliphatic carbocycles. The van der Waals surface area contributed by atoms with Crippen molar-refractivity contribution in [3.05, 3.63) is 29.8 Å². The van der Waals surface area contributed by atoms with Gasteiger partial charge in [-0.2, -0.15) is 0 Å². The maximum absolute atomic E-state index is 12.2. The second kappa shape index (κ2) is 6.67. The van der Waals surface area contributed by atoms with Gasteiger partial charge in [0.2, 0.25) is 5.91 Å². The topological polar surface area (TPSA) is 61.8 Å². The number of likely N-dealkylation sites (N-methyl/N-ethyl adjacent to an activating group) is 1. The van der Waals surface area contributed by atoms with Gasteiger partial charge in [-0.1, -0.05) is 18.2 Å². The molecule has 0 spiro atoms. The van der Waals surface area contributed by atoms with Crippen molar-refractivity contribution in [2.75, 3.05) is 26.7 Å². The van der Waals surface area contributed by atoms with Crippen molar-refractivity contribution in [2.45, 2.75) is 31.4 Å². The lowest BCUT2D eigenvalue weighted by atomic mass is 10.0. The van der Waals surface area contributed by atoms with Crippen LogP contribution in [0.4, 0.5) is 0 Å². The lowest BCUT2D eigenvalue weighted by Gasteiger charge is -2.27. The maximum atomic E-state index is 12.2. The largest absolute Gasteiger partial charge is 0.493 e. The van der Waals surface area contributed by atoms with Crippen LogP contribution in [0.2, 0.25) is 0 Å². The Morgan fingerprint density at radius 3 is 2.95 bits per heavy atom. The van der Waals surface area contributed by atoms with Gasteiger partial charge in [0.15, 0.2) is 0 Å². The highest BCUT2D eigenvalue weighted by molar-refractivity contribution is 5.78. The molecule has 0 radical (unpaired) electrons. The Balaban J connectivity index is 1.51. The van der Waals surface area contributed by atoms with Gasteiger partial charge in [0.1, 0.15) is 5.75 Å². The highest BCUT2D eigenvalue weighted by atomic mass is 16.5. The average Bonchev–Trinajstić information content (AvgIpc) is 3.32. The zero-order chi connectivity index (χ0) is 15.5. The van der Waals surface area contributed by atoms with Crippen LogP contribution in [-0.4, -0.2) is 48.8 Å². The number of nitrogens with zero attached hydrogens (tertiary/aromatic N) is 1. The number of rotatable bonds is 6. The number of nitrogens with one attached hydrogen (secondary N) is 1. The van der Waals surface area contributed by atoms with Crippen LogP contribution in [0.3, 0.4) is 0 Å². The summed E-state index contributed by atoms with van der Waals surface area (Å²) in [6.07, 6.45) is 2.71. The molecule has 2 atom stereocenters. The second-order valence-electron chi connectivity index (χ2n) is 6.40. The standard InChI is InChI=1S/C17H24N2O3/c1-19(10-15(20)12-6-7-12)11-17(21)18-14-8-9-22-16-5-3-2-4-13(14)16/h2-5,12,14-15,20H,6-11H2,1H3,(H,18,21). The van der Waals surface area contributed by atoms with Crippen molar-refractivity contribution in [2.24, 2.45) is 5.92 Å². The minimum absolute atomic E-state index is 0.00722. The van der Waals surface area contributed by atoms with Crippen LogP contribution in [0.5, 0.6) is 5.75 Å². The summed E-state index contributed by atoms with van der Waals surface area (Å²) in [6.45, 7) is 1.49. The first-order valence-corrected chi connectivity index (χ1v) is 8.01. The van der Waals surface area contributed by atoms with E-state index in [1.54, 1.807) is 0 Å². The molecule has 5 nitrogen and oxygen atoms in total. The third kappa shape index (κ3) is 3.78. The average molecular weight is 304 g/mol. The van der Waals surface area contributed by atoms with Crippen LogP contribution < -0.4 is 10.1 Å². The van der Waals surface area contributed by atoms with Crippen LogP contribution in [0.1, 0.15) is 30.9 Å². The summed E-state index contributed by atoms with van der Waals surface area (Å²) in [6, 6.07) is 7.85. The highest BCUT2D eigenvalue weighted by Crippen LogP contribution is 2.33.